The molecule has 0 radical (unpaired) electrons. The Morgan fingerprint density at radius 1 is 1.36 bits per heavy atom. The van der Waals surface area contributed by atoms with E-state index in [0.29, 0.717) is 11.1 Å². The first-order valence-corrected chi connectivity index (χ1v) is 5.45. The number of phenolic OH excluding ortho intramolecular Hbond substituents is 1. The van der Waals surface area contributed by atoms with Crippen molar-refractivity contribution in [2.75, 3.05) is 0 Å². The smallest absolute Gasteiger partial charge is 0.116 e. The molecule has 1 aliphatic heterocycles. The van der Waals surface area contributed by atoms with Crippen molar-refractivity contribution in [1.82, 2.24) is 0 Å². The Kier molecular flexibility index (Phi) is 2.07. The number of fused-ring (bicyclic) bond motifs is 1. The lowest BCUT2D eigenvalue weighted by Crippen LogP contribution is -2.16. The van der Waals surface area contributed by atoms with Crippen LogP contribution in [-0.2, 0) is 14.1 Å². The summed E-state index contributed by atoms with van der Waals surface area (Å²) >= 11 is 0. The molecule has 0 saturated heterocycles. The third-order valence-corrected chi connectivity index (χ3v) is 3.22. The monoisotopic (exact) mass is 211 g/mol. The van der Waals surface area contributed by atoms with Crippen molar-refractivity contribution in [3.8, 4) is 5.75 Å². The van der Waals surface area contributed by atoms with Gasteiger partial charge in [-0.15, -0.1) is 0 Å². The van der Waals surface area contributed by atoms with E-state index in [9.17, 15) is 9.47 Å². The van der Waals surface area contributed by atoms with Crippen LogP contribution in [0.15, 0.2) is 23.6 Å². The fraction of sp³-hybridized carbons (Fsp3) is 0. The van der Waals surface area contributed by atoms with Crippen LogP contribution in [0.5, 0.6) is 5.75 Å². The van der Waals surface area contributed by atoms with Gasteiger partial charge in [0.15, 0.2) is 0 Å². The van der Waals surface area contributed by atoms with Gasteiger partial charge in [-0.05, 0) is 29.3 Å². The van der Waals surface area contributed by atoms with Crippen LogP contribution in [0.3, 0.4) is 0 Å². The van der Waals surface area contributed by atoms with E-state index in [0.717, 1.165) is 0 Å². The fourth-order valence-corrected chi connectivity index (χ4v) is 2.31. The van der Waals surface area contributed by atoms with E-state index in [1.165, 1.54) is 29.0 Å². The van der Waals surface area contributed by atoms with Crippen molar-refractivity contribution >= 4 is 21.2 Å². The molecule has 1 heterocycles. The third-order valence-electron chi connectivity index (χ3n) is 1.91. The average molecular weight is 211 g/mol. The van der Waals surface area contributed by atoms with Crippen LogP contribution in [0.25, 0.3) is 6.08 Å². The second-order valence-electron chi connectivity index (χ2n) is 2.89. The SMILES string of the molecule is O=S1(O[O-])=Cc2ccc(O)cc2C=C1. The van der Waals surface area contributed by atoms with E-state index < -0.39 is 9.80 Å². The van der Waals surface area contributed by atoms with Crippen LogP contribution in [-0.4, -0.2) is 14.7 Å². The maximum absolute atomic E-state index is 11.5. The van der Waals surface area contributed by atoms with Gasteiger partial charge in [-0.2, -0.15) is 0 Å². The highest BCUT2D eigenvalue weighted by atomic mass is 32.2. The van der Waals surface area contributed by atoms with Gasteiger partial charge in [-0.3, -0.25) is 0 Å². The van der Waals surface area contributed by atoms with Gasteiger partial charge in [0.2, 0.25) is 0 Å². The molecule has 1 atom stereocenters. The Morgan fingerprint density at radius 2 is 2.14 bits per heavy atom. The molecule has 1 aromatic carbocycles. The lowest BCUT2D eigenvalue weighted by Gasteiger charge is -2.15. The lowest BCUT2D eigenvalue weighted by atomic mass is 10.1. The van der Waals surface area contributed by atoms with E-state index in [4.69, 9.17) is 5.11 Å². The fourth-order valence-electron chi connectivity index (χ4n) is 1.24. The summed E-state index contributed by atoms with van der Waals surface area (Å²) in [5.74, 6) is 0.123. The van der Waals surface area contributed by atoms with E-state index in [1.807, 2.05) is 0 Å². The van der Waals surface area contributed by atoms with Crippen LogP contribution in [0.4, 0.5) is 0 Å². The molecule has 1 aliphatic rings. The standard InChI is InChI=1S/C9H8O4S/c10-9-2-1-8-6-14(12,13-11)4-3-7(8)5-9/h1-6,10-11H/p-1. The Labute approximate surface area is 81.2 Å². The Bertz CT molecular complexity index is 510. The van der Waals surface area contributed by atoms with Crippen LogP contribution in [0.2, 0.25) is 0 Å². The van der Waals surface area contributed by atoms with Crippen LogP contribution in [0, 0.1) is 0 Å². The molecular formula is C9H7O4S-. The third kappa shape index (κ3) is 1.52. The van der Waals surface area contributed by atoms with Gasteiger partial charge >= 0.3 is 0 Å². The number of phenols is 1. The molecule has 5 heteroatoms. The maximum Gasteiger partial charge on any atom is 0.116 e. The molecule has 4 nitrogen and oxygen atoms in total. The van der Waals surface area contributed by atoms with Gasteiger partial charge in [0, 0.05) is 10.8 Å². The summed E-state index contributed by atoms with van der Waals surface area (Å²) in [4.78, 5) is 0. The largest absolute Gasteiger partial charge is 0.709 e. The predicted octanol–water partition coefficient (Wildman–Crippen LogP) is 0.0181. The van der Waals surface area contributed by atoms with Gasteiger partial charge in [-0.25, -0.2) is 4.21 Å². The summed E-state index contributed by atoms with van der Waals surface area (Å²) in [6, 6.07) is 4.55. The molecule has 0 aliphatic carbocycles. The molecule has 14 heavy (non-hydrogen) atoms. The van der Waals surface area contributed by atoms with Crippen molar-refractivity contribution < 1.29 is 18.9 Å². The van der Waals surface area contributed by atoms with Gasteiger partial charge in [0.05, 0.1) is 9.80 Å². The average Bonchev–Trinajstić information content (AvgIpc) is 2.19. The predicted molar refractivity (Wildman–Crippen MR) is 51.5 cm³/mol. The van der Waals surface area contributed by atoms with Gasteiger partial charge in [0.1, 0.15) is 5.75 Å². The summed E-state index contributed by atoms with van der Waals surface area (Å²) in [5, 5.41) is 21.8. The van der Waals surface area contributed by atoms with Crippen LogP contribution in [0.1, 0.15) is 11.1 Å². The van der Waals surface area contributed by atoms with Gasteiger partial charge in [0.25, 0.3) is 0 Å². The molecule has 0 amide bonds. The zero-order chi connectivity index (χ0) is 10.2. The second-order valence-corrected chi connectivity index (χ2v) is 4.71. The number of hydrogen-bond acceptors (Lipinski definition) is 4. The highest BCUT2D eigenvalue weighted by molar-refractivity contribution is 8.00. The van der Waals surface area contributed by atoms with Gasteiger partial charge in [-0.1, -0.05) is 6.07 Å². The first-order valence-electron chi connectivity index (χ1n) is 3.84. The number of hydrogen-bond donors (Lipinski definition) is 1. The zero-order valence-corrected chi connectivity index (χ0v) is 7.86. The number of rotatable bonds is 1. The molecule has 0 aromatic heterocycles. The molecule has 0 saturated carbocycles. The molecule has 1 unspecified atom stereocenters. The first-order chi connectivity index (χ1) is 6.63. The number of aromatic hydroxyl groups is 1. The minimum absolute atomic E-state index is 0.123. The Hall–Kier alpha value is -1.30. The molecule has 0 spiro atoms. The van der Waals surface area contributed by atoms with E-state index in [-0.39, 0.29) is 5.75 Å². The summed E-state index contributed by atoms with van der Waals surface area (Å²) in [7, 11) is -3.00. The highest BCUT2D eigenvalue weighted by Crippen LogP contribution is 2.21. The quantitative estimate of drug-likeness (QED) is 0.404. The van der Waals surface area contributed by atoms with Crippen molar-refractivity contribution in [1.29, 1.82) is 0 Å². The molecule has 2 rings (SSSR count). The molecule has 1 aromatic rings. The van der Waals surface area contributed by atoms with Crippen LogP contribution >= 0.6 is 0 Å². The zero-order valence-electron chi connectivity index (χ0n) is 7.04. The first kappa shape index (κ1) is 9.26. The molecule has 1 N–H and O–H groups in total. The second kappa shape index (κ2) is 3.13. The molecule has 0 bridgehead atoms. The Balaban J connectivity index is 2.63. The van der Waals surface area contributed by atoms with E-state index in [2.05, 4.69) is 4.33 Å². The van der Waals surface area contributed by atoms with Crippen molar-refractivity contribution in [3.63, 3.8) is 0 Å². The summed E-state index contributed by atoms with van der Waals surface area (Å²) in [6.45, 7) is 0. The normalized spacial score (nSPS) is 24.1. The van der Waals surface area contributed by atoms with E-state index >= 15 is 0 Å². The minimum Gasteiger partial charge on any atom is -0.709 e. The molecular weight excluding hydrogens is 204 g/mol. The lowest BCUT2D eigenvalue weighted by molar-refractivity contribution is -0.633. The molecule has 0 fully saturated rings. The topological polar surface area (TPSA) is 69.6 Å². The minimum atomic E-state index is -3.00. The number of benzene rings is 1. The maximum atomic E-state index is 11.5. The van der Waals surface area contributed by atoms with Gasteiger partial charge < -0.3 is 14.7 Å². The summed E-state index contributed by atoms with van der Waals surface area (Å²) in [5.41, 5.74) is 1.33. The molecule has 74 valence electrons. The van der Waals surface area contributed by atoms with Crippen molar-refractivity contribution in [2.45, 2.75) is 0 Å². The van der Waals surface area contributed by atoms with Crippen molar-refractivity contribution in [2.24, 2.45) is 0 Å². The summed E-state index contributed by atoms with van der Waals surface area (Å²) in [6.07, 6.45) is 1.50. The highest BCUT2D eigenvalue weighted by Gasteiger charge is 2.08. The van der Waals surface area contributed by atoms with E-state index in [1.54, 1.807) is 6.07 Å². The van der Waals surface area contributed by atoms with Crippen LogP contribution < -0.4 is 5.26 Å². The summed E-state index contributed by atoms with van der Waals surface area (Å²) < 4.78 is 15.1. The van der Waals surface area contributed by atoms with Crippen molar-refractivity contribution in [3.05, 3.63) is 34.7 Å². The Morgan fingerprint density at radius 3 is 2.86 bits per heavy atom.